The molecule has 0 heterocycles. The first-order valence-corrected chi connectivity index (χ1v) is 9.80. The van der Waals surface area contributed by atoms with Gasteiger partial charge in [0.05, 0.1) is 5.41 Å². The van der Waals surface area contributed by atoms with E-state index in [0.29, 0.717) is 0 Å². The van der Waals surface area contributed by atoms with E-state index in [1.807, 2.05) is 13.0 Å². The van der Waals surface area contributed by atoms with Crippen LogP contribution in [0.15, 0.2) is 122 Å². The van der Waals surface area contributed by atoms with Crippen molar-refractivity contribution in [3.8, 4) is 12.8 Å². The largest absolute Gasteiger partial charge is 0.124 e. The van der Waals surface area contributed by atoms with Crippen LogP contribution in [0.3, 0.4) is 0 Å². The summed E-state index contributed by atoms with van der Waals surface area (Å²) in [6, 6.07) is 21.3. The summed E-state index contributed by atoms with van der Waals surface area (Å²) in [6.45, 7) is 13.5. The van der Waals surface area contributed by atoms with Crippen LogP contribution in [0.1, 0.15) is 38.3 Å². The first kappa shape index (κ1) is 25.7. The molecule has 2 aromatic rings. The molecule has 0 bridgehead atoms. The maximum Gasteiger partial charge on any atom is 0.0628 e. The quantitative estimate of drug-likeness (QED) is 0.258. The second kappa shape index (κ2) is 15.7. The molecule has 0 aliphatic rings. The SMILES string of the molecule is C#C.C=CC.C=CC(=CC/C=C\C)C(/C=C/C)(c1ccccc1)c1ccccc1. The molecule has 0 atom stereocenters. The molecule has 0 radical (unpaired) electrons. The van der Waals surface area contributed by atoms with Crippen LogP contribution in [0.4, 0.5) is 0 Å². The Morgan fingerprint density at radius 1 is 0.828 bits per heavy atom. The Balaban J connectivity index is 0.00000143. The molecular formula is C29H34. The van der Waals surface area contributed by atoms with Gasteiger partial charge in [0.25, 0.3) is 0 Å². The second-order valence-corrected chi connectivity index (χ2v) is 6.12. The van der Waals surface area contributed by atoms with Crippen LogP contribution in [0.25, 0.3) is 0 Å². The number of allylic oxidation sites excluding steroid dienone is 8. The molecule has 0 amide bonds. The summed E-state index contributed by atoms with van der Waals surface area (Å²) >= 11 is 0. The van der Waals surface area contributed by atoms with Gasteiger partial charge in [-0.15, -0.1) is 19.4 Å². The number of hydrogen-bond donors (Lipinski definition) is 0. The highest BCUT2D eigenvalue weighted by atomic mass is 14.4. The summed E-state index contributed by atoms with van der Waals surface area (Å²) in [7, 11) is 0. The van der Waals surface area contributed by atoms with Crippen LogP contribution in [-0.2, 0) is 5.41 Å². The van der Waals surface area contributed by atoms with Crippen LogP contribution < -0.4 is 0 Å². The van der Waals surface area contributed by atoms with E-state index >= 15 is 0 Å². The molecule has 0 aromatic heterocycles. The van der Waals surface area contributed by atoms with Gasteiger partial charge in [-0.05, 0) is 43.9 Å². The highest BCUT2D eigenvalue weighted by molar-refractivity contribution is 5.56. The highest BCUT2D eigenvalue weighted by Gasteiger charge is 2.33. The number of benzene rings is 2. The first-order valence-electron chi connectivity index (χ1n) is 9.80. The highest BCUT2D eigenvalue weighted by Crippen LogP contribution is 2.41. The zero-order chi connectivity index (χ0) is 22.0. The Morgan fingerprint density at radius 3 is 1.62 bits per heavy atom. The summed E-state index contributed by atoms with van der Waals surface area (Å²) in [5, 5.41) is 0. The molecule has 0 saturated carbocycles. The molecule has 0 aliphatic carbocycles. The van der Waals surface area contributed by atoms with Crippen LogP contribution in [0.5, 0.6) is 0 Å². The van der Waals surface area contributed by atoms with Crippen LogP contribution in [-0.4, -0.2) is 0 Å². The lowest BCUT2D eigenvalue weighted by molar-refractivity contribution is 0.772. The first-order chi connectivity index (χ1) is 14.2. The minimum atomic E-state index is -0.319. The van der Waals surface area contributed by atoms with E-state index in [9.17, 15) is 0 Å². The van der Waals surface area contributed by atoms with Crippen molar-refractivity contribution in [2.24, 2.45) is 0 Å². The number of hydrogen-bond acceptors (Lipinski definition) is 0. The van der Waals surface area contributed by atoms with Crippen molar-refractivity contribution in [3.63, 3.8) is 0 Å². The summed E-state index contributed by atoms with van der Waals surface area (Å²) < 4.78 is 0. The van der Waals surface area contributed by atoms with Crippen LogP contribution in [0.2, 0.25) is 0 Å². The Bertz CT molecular complexity index is 759. The zero-order valence-corrected chi connectivity index (χ0v) is 18.1. The Hall–Kier alpha value is -3.30. The van der Waals surface area contributed by atoms with Crippen molar-refractivity contribution < 1.29 is 0 Å². The Labute approximate surface area is 178 Å². The third kappa shape index (κ3) is 7.32. The van der Waals surface area contributed by atoms with E-state index in [1.165, 1.54) is 16.7 Å². The number of terminal acetylenes is 1. The molecule has 0 fully saturated rings. The summed E-state index contributed by atoms with van der Waals surface area (Å²) in [4.78, 5) is 0. The molecule has 0 heteroatoms. The minimum absolute atomic E-state index is 0.319. The van der Waals surface area contributed by atoms with Crippen molar-refractivity contribution in [3.05, 3.63) is 133 Å². The standard InChI is InChI=1S/C24H26.C3H6.C2H2/c1-4-7-10-15-21(6-3)24(20-5-2,22-16-11-8-12-17-22)23-18-13-9-14-19-23;1-3-2;1-2/h4-9,11-20H,3,10H2,1-2H3;3H,1H2,2H3;1-2H/b7-4-,20-5+,21-15?;;. The van der Waals surface area contributed by atoms with Gasteiger partial charge in [-0.25, -0.2) is 0 Å². The van der Waals surface area contributed by atoms with E-state index in [1.54, 1.807) is 6.08 Å². The van der Waals surface area contributed by atoms with Gasteiger partial charge < -0.3 is 0 Å². The molecule has 0 aliphatic heterocycles. The van der Waals surface area contributed by atoms with E-state index in [4.69, 9.17) is 0 Å². The van der Waals surface area contributed by atoms with E-state index in [2.05, 4.69) is 131 Å². The molecule has 2 rings (SSSR count). The van der Waals surface area contributed by atoms with Gasteiger partial charge in [-0.1, -0.05) is 110 Å². The zero-order valence-electron chi connectivity index (χ0n) is 18.1. The monoisotopic (exact) mass is 382 g/mol. The van der Waals surface area contributed by atoms with Gasteiger partial charge in [0.2, 0.25) is 0 Å². The normalized spacial score (nSPS) is 11.1. The van der Waals surface area contributed by atoms with Gasteiger partial charge in [0, 0.05) is 0 Å². The topological polar surface area (TPSA) is 0 Å². The lowest BCUT2D eigenvalue weighted by atomic mass is 9.68. The molecular weight excluding hydrogens is 348 g/mol. The van der Waals surface area contributed by atoms with Gasteiger partial charge >= 0.3 is 0 Å². The van der Waals surface area contributed by atoms with Crippen LogP contribution in [0, 0.1) is 12.8 Å². The number of rotatable bonds is 7. The Kier molecular flexibility index (Phi) is 13.9. The van der Waals surface area contributed by atoms with Crippen molar-refractivity contribution in [2.45, 2.75) is 32.6 Å². The molecule has 0 nitrogen and oxygen atoms in total. The molecule has 150 valence electrons. The van der Waals surface area contributed by atoms with Crippen molar-refractivity contribution in [1.82, 2.24) is 0 Å². The van der Waals surface area contributed by atoms with Crippen molar-refractivity contribution >= 4 is 0 Å². The fourth-order valence-electron chi connectivity index (χ4n) is 3.18. The molecule has 0 unspecified atom stereocenters. The van der Waals surface area contributed by atoms with E-state index in [-0.39, 0.29) is 5.41 Å². The minimum Gasteiger partial charge on any atom is -0.124 e. The van der Waals surface area contributed by atoms with Crippen molar-refractivity contribution in [1.29, 1.82) is 0 Å². The predicted octanol–water partition coefficient (Wildman–Crippen LogP) is 8.07. The third-order valence-corrected chi connectivity index (χ3v) is 4.26. The van der Waals surface area contributed by atoms with Gasteiger partial charge in [-0.3, -0.25) is 0 Å². The van der Waals surface area contributed by atoms with Gasteiger partial charge in [0.15, 0.2) is 0 Å². The predicted molar refractivity (Wildman–Crippen MR) is 132 cm³/mol. The fourth-order valence-corrected chi connectivity index (χ4v) is 3.18. The molecule has 0 N–H and O–H groups in total. The Morgan fingerprint density at radius 2 is 1.28 bits per heavy atom. The molecule has 2 aromatic carbocycles. The van der Waals surface area contributed by atoms with Crippen molar-refractivity contribution in [2.75, 3.05) is 0 Å². The summed E-state index contributed by atoms with van der Waals surface area (Å²) in [5.74, 6) is 0. The smallest absolute Gasteiger partial charge is 0.0628 e. The molecule has 29 heavy (non-hydrogen) atoms. The maximum absolute atomic E-state index is 4.11. The summed E-state index contributed by atoms with van der Waals surface area (Å²) in [6.07, 6.45) is 23.6. The lowest BCUT2D eigenvalue weighted by Gasteiger charge is -2.34. The van der Waals surface area contributed by atoms with E-state index in [0.717, 1.165) is 6.42 Å². The molecule has 0 spiro atoms. The van der Waals surface area contributed by atoms with Crippen LogP contribution >= 0.6 is 0 Å². The van der Waals surface area contributed by atoms with Gasteiger partial charge in [0.1, 0.15) is 0 Å². The second-order valence-electron chi connectivity index (χ2n) is 6.12. The summed E-state index contributed by atoms with van der Waals surface area (Å²) in [5.41, 5.74) is 3.39. The third-order valence-electron chi connectivity index (χ3n) is 4.26. The average Bonchev–Trinajstić information content (AvgIpc) is 2.79. The molecule has 0 saturated heterocycles. The lowest BCUT2D eigenvalue weighted by Crippen LogP contribution is -2.27. The maximum atomic E-state index is 4.11. The van der Waals surface area contributed by atoms with Gasteiger partial charge in [-0.2, -0.15) is 0 Å². The average molecular weight is 383 g/mol. The fraction of sp³-hybridized carbons (Fsp3) is 0.172. The van der Waals surface area contributed by atoms with E-state index < -0.39 is 0 Å².